The number of carboxylic acids is 1. The average Bonchev–Trinajstić information content (AvgIpc) is 3.66. The second-order valence-electron chi connectivity index (χ2n) is 17.5. The number of halogens is 2. The van der Waals surface area contributed by atoms with Crippen LogP contribution in [-0.2, 0) is 46.4 Å². The van der Waals surface area contributed by atoms with Crippen molar-refractivity contribution >= 4 is 79.7 Å². The molecule has 0 aliphatic carbocycles. The summed E-state index contributed by atoms with van der Waals surface area (Å²) in [6, 6.07) is 4.60. The Hall–Kier alpha value is -3.70. The lowest BCUT2D eigenvalue weighted by Gasteiger charge is -2.26. The van der Waals surface area contributed by atoms with Gasteiger partial charge in [-0.15, -0.1) is 24.8 Å². The number of aliphatic carboxylic acids is 1. The predicted octanol–water partition coefficient (Wildman–Crippen LogP) is 3.52. The van der Waals surface area contributed by atoms with Crippen molar-refractivity contribution in [1.29, 1.82) is 0 Å². The Balaban J connectivity index is 0.000000906. The summed E-state index contributed by atoms with van der Waals surface area (Å²) in [5, 5.41) is 34.1. The SMILES string of the molecule is CC(C)[C@H](N)C(=O)OC(C)(C)C.Cc1c(C(=O)N[C@H](C(=O)O)C(C)C)ccc2c1B(O)OC2.Cc1c(C(=O)N[C@H](C(=O)OC(C)(C)C)C(C)C)ccc2c1B(O)OC2.Cl.Cl. The third kappa shape index (κ3) is 16.0. The van der Waals surface area contributed by atoms with Crippen molar-refractivity contribution in [3.05, 3.63) is 57.6 Å². The van der Waals surface area contributed by atoms with E-state index >= 15 is 0 Å². The number of amides is 2. The highest BCUT2D eigenvalue weighted by molar-refractivity contribution is 6.62. The fourth-order valence-corrected chi connectivity index (χ4v) is 5.96. The van der Waals surface area contributed by atoms with E-state index in [1.807, 2.05) is 48.5 Å². The van der Waals surface area contributed by atoms with E-state index in [4.69, 9.17) is 29.6 Å². The molecule has 336 valence electrons. The van der Waals surface area contributed by atoms with Gasteiger partial charge >= 0.3 is 32.1 Å². The van der Waals surface area contributed by atoms with E-state index in [1.54, 1.807) is 72.7 Å². The molecule has 2 aliphatic heterocycles. The van der Waals surface area contributed by atoms with Gasteiger partial charge in [-0.3, -0.25) is 14.4 Å². The molecule has 15 nitrogen and oxygen atoms in total. The van der Waals surface area contributed by atoms with Crippen molar-refractivity contribution in [2.45, 2.75) is 139 Å². The first-order chi connectivity index (χ1) is 26.6. The Bertz CT molecular complexity index is 1820. The van der Waals surface area contributed by atoms with Crippen LogP contribution < -0.4 is 27.3 Å². The van der Waals surface area contributed by atoms with Crippen LogP contribution in [0, 0.1) is 31.6 Å². The van der Waals surface area contributed by atoms with Gasteiger partial charge in [0.15, 0.2) is 0 Å². The van der Waals surface area contributed by atoms with Gasteiger partial charge in [0.05, 0.1) is 13.2 Å². The van der Waals surface area contributed by atoms with E-state index in [0.717, 1.165) is 11.1 Å². The molecular weight excluding hydrogens is 819 g/mol. The molecule has 19 heteroatoms. The highest BCUT2D eigenvalue weighted by Gasteiger charge is 2.35. The first-order valence-corrected chi connectivity index (χ1v) is 19.5. The molecule has 0 bridgehead atoms. The molecule has 0 saturated heterocycles. The van der Waals surface area contributed by atoms with Crippen LogP contribution in [0.25, 0.3) is 0 Å². The number of carboxylic acid groups (broad SMARTS) is 1. The largest absolute Gasteiger partial charge is 0.492 e. The number of carbonyl (C=O) groups is 5. The van der Waals surface area contributed by atoms with Crippen LogP contribution >= 0.6 is 24.8 Å². The Labute approximate surface area is 367 Å². The monoisotopic (exact) mass is 883 g/mol. The van der Waals surface area contributed by atoms with Gasteiger partial charge in [-0.05, 0) is 118 Å². The second-order valence-corrected chi connectivity index (χ2v) is 17.5. The van der Waals surface area contributed by atoms with Gasteiger partial charge in [0.25, 0.3) is 11.8 Å². The number of hydrogen-bond acceptors (Lipinski definition) is 12. The number of nitrogens with two attached hydrogens (primary N) is 1. The normalized spacial score (nSPS) is 14.5. The number of carbonyl (C=O) groups excluding carboxylic acids is 4. The summed E-state index contributed by atoms with van der Waals surface area (Å²) in [6.45, 7) is 25.9. The summed E-state index contributed by atoms with van der Waals surface area (Å²) in [5.41, 5.74) is 9.51. The van der Waals surface area contributed by atoms with Crippen LogP contribution in [0.4, 0.5) is 0 Å². The lowest BCUT2D eigenvalue weighted by molar-refractivity contribution is -0.159. The van der Waals surface area contributed by atoms with E-state index in [0.29, 0.717) is 46.4 Å². The molecule has 2 aromatic rings. The summed E-state index contributed by atoms with van der Waals surface area (Å²) < 4.78 is 20.8. The van der Waals surface area contributed by atoms with E-state index in [2.05, 4.69) is 10.6 Å². The zero-order valence-corrected chi connectivity index (χ0v) is 38.9. The standard InChI is InChI=1S/C18H26BNO5.C14H18BNO5.C9H19NO2.2ClH/c1-10(2)15(17(22)25-18(4,5)6)20-16(21)13-8-7-12-9-24-19(23)14(12)11(13)3;1-7(2)12(14(18)19)16-13(17)10-5-4-9-6-21-15(20)11(9)8(10)3;1-6(2)7(10)8(11)12-9(3,4)5;;/h7-8,10,15,23H,9H2,1-6H3,(H,20,21);4-5,7,12,20H,6H2,1-3H3,(H,16,17)(H,18,19);6-7H,10H2,1-5H3;2*1H/t15-;12-;7-;;/m000../s1. The molecule has 2 aliphatic rings. The number of nitrogens with one attached hydrogen (secondary N) is 2. The van der Waals surface area contributed by atoms with Gasteiger partial charge in [0.2, 0.25) is 0 Å². The van der Waals surface area contributed by atoms with Crippen molar-refractivity contribution in [2.24, 2.45) is 23.5 Å². The smallest absolute Gasteiger partial charge is 0.480 e. The zero-order valence-electron chi connectivity index (χ0n) is 37.3. The van der Waals surface area contributed by atoms with E-state index in [1.165, 1.54) is 0 Å². The number of esters is 2. The molecule has 0 saturated carbocycles. The zero-order chi connectivity index (χ0) is 44.6. The van der Waals surface area contributed by atoms with E-state index < -0.39 is 61.4 Å². The Morgan fingerprint density at radius 1 is 0.650 bits per heavy atom. The summed E-state index contributed by atoms with van der Waals surface area (Å²) in [7, 11) is -2.05. The average molecular weight is 885 g/mol. The predicted molar refractivity (Wildman–Crippen MR) is 236 cm³/mol. The van der Waals surface area contributed by atoms with Crippen LogP contribution in [0.15, 0.2) is 24.3 Å². The molecule has 0 unspecified atom stereocenters. The highest BCUT2D eigenvalue weighted by Crippen LogP contribution is 2.19. The number of hydrogen-bond donors (Lipinski definition) is 6. The number of benzene rings is 2. The minimum absolute atomic E-state index is 0. The maximum Gasteiger partial charge on any atom is 0.492 e. The third-order valence-electron chi connectivity index (χ3n) is 9.22. The number of fused-ring (bicyclic) bond motifs is 2. The molecule has 0 aromatic heterocycles. The van der Waals surface area contributed by atoms with Crippen molar-refractivity contribution in [1.82, 2.24) is 10.6 Å². The Kier molecular flexibility index (Phi) is 22.0. The number of rotatable bonds is 10. The van der Waals surface area contributed by atoms with Gasteiger partial charge in [0, 0.05) is 11.1 Å². The maximum absolute atomic E-state index is 12.7. The van der Waals surface area contributed by atoms with Crippen molar-refractivity contribution < 1.29 is 57.9 Å². The summed E-state index contributed by atoms with van der Waals surface area (Å²) >= 11 is 0. The molecule has 2 amide bonds. The molecule has 2 heterocycles. The van der Waals surface area contributed by atoms with Gasteiger partial charge in [-0.25, -0.2) is 9.59 Å². The molecule has 0 fully saturated rings. The molecule has 0 radical (unpaired) electrons. The van der Waals surface area contributed by atoms with Crippen molar-refractivity contribution in [3.8, 4) is 0 Å². The lowest BCUT2D eigenvalue weighted by Crippen LogP contribution is -2.47. The molecule has 0 spiro atoms. The quantitative estimate of drug-likeness (QED) is 0.148. The van der Waals surface area contributed by atoms with Gasteiger partial charge < -0.3 is 50.3 Å². The fourth-order valence-electron chi connectivity index (χ4n) is 5.96. The molecule has 7 N–H and O–H groups in total. The summed E-state index contributed by atoms with van der Waals surface area (Å²) in [5.74, 6) is -2.91. The van der Waals surface area contributed by atoms with Gasteiger partial charge in [-0.1, -0.05) is 53.7 Å². The Morgan fingerprint density at radius 2 is 1.00 bits per heavy atom. The van der Waals surface area contributed by atoms with Gasteiger partial charge in [-0.2, -0.15) is 0 Å². The topological polar surface area (TPSA) is 233 Å². The summed E-state index contributed by atoms with van der Waals surface area (Å²) in [6.07, 6.45) is 0. The van der Waals surface area contributed by atoms with E-state index in [-0.39, 0.29) is 54.4 Å². The van der Waals surface area contributed by atoms with Crippen molar-refractivity contribution in [3.63, 3.8) is 0 Å². The number of ether oxygens (including phenoxy) is 2. The molecule has 2 aromatic carbocycles. The second kappa shape index (κ2) is 23.5. The first-order valence-electron chi connectivity index (χ1n) is 19.5. The third-order valence-corrected chi connectivity index (χ3v) is 9.22. The molecule has 3 atom stereocenters. The van der Waals surface area contributed by atoms with Crippen LogP contribution in [0.5, 0.6) is 0 Å². The van der Waals surface area contributed by atoms with Crippen LogP contribution in [-0.4, -0.2) is 88.4 Å². The molecule has 4 rings (SSSR count). The maximum atomic E-state index is 12.7. The van der Waals surface area contributed by atoms with Crippen molar-refractivity contribution in [2.75, 3.05) is 0 Å². The van der Waals surface area contributed by atoms with Crippen LogP contribution in [0.3, 0.4) is 0 Å². The van der Waals surface area contributed by atoms with Gasteiger partial charge in [0.1, 0.15) is 29.3 Å². The van der Waals surface area contributed by atoms with E-state index in [9.17, 15) is 34.0 Å². The first kappa shape index (κ1) is 56.3. The minimum atomic E-state index is -1.07. The molecular formula is C41H65B2Cl2N3O12. The molecule has 60 heavy (non-hydrogen) atoms. The lowest BCUT2D eigenvalue weighted by atomic mass is 9.75. The fraction of sp³-hybridized carbons (Fsp3) is 0.585. The Morgan fingerprint density at radius 3 is 1.32 bits per heavy atom. The van der Waals surface area contributed by atoms with Crippen LogP contribution in [0.1, 0.15) is 126 Å². The minimum Gasteiger partial charge on any atom is -0.480 e. The highest BCUT2D eigenvalue weighted by atomic mass is 35.5. The summed E-state index contributed by atoms with van der Waals surface area (Å²) in [4.78, 5) is 59.8. The van der Waals surface area contributed by atoms with Crippen LogP contribution in [0.2, 0.25) is 0 Å².